The number of benzene rings is 3. The van der Waals surface area contributed by atoms with Crippen LogP contribution in [0.25, 0.3) is 0 Å². The third-order valence-corrected chi connectivity index (χ3v) is 6.46. The van der Waals surface area contributed by atoms with E-state index in [-0.39, 0.29) is 31.6 Å². The second-order valence-electron chi connectivity index (χ2n) is 9.15. The van der Waals surface area contributed by atoms with Gasteiger partial charge in [0.2, 0.25) is 18.6 Å². The number of nitrogens with one attached hydrogen (secondary N) is 1. The molecule has 0 fully saturated rings. The summed E-state index contributed by atoms with van der Waals surface area (Å²) < 4.78 is 25.5. The van der Waals surface area contributed by atoms with E-state index in [1.165, 1.54) is 11.0 Å². The quantitative estimate of drug-likeness (QED) is 0.351. The molecule has 194 valence electrons. The van der Waals surface area contributed by atoms with Crippen molar-refractivity contribution in [2.24, 2.45) is 0 Å². The number of halogens is 1. The molecule has 0 radical (unpaired) electrons. The molecule has 4 rings (SSSR count). The van der Waals surface area contributed by atoms with Crippen LogP contribution < -0.4 is 14.8 Å². The van der Waals surface area contributed by atoms with Gasteiger partial charge in [-0.2, -0.15) is 0 Å². The van der Waals surface area contributed by atoms with E-state index in [1.54, 1.807) is 18.2 Å². The van der Waals surface area contributed by atoms with Crippen LogP contribution in [0.4, 0.5) is 4.39 Å². The van der Waals surface area contributed by atoms with Gasteiger partial charge in [-0.05, 0) is 42.2 Å². The van der Waals surface area contributed by atoms with Gasteiger partial charge in [-0.15, -0.1) is 0 Å². The highest BCUT2D eigenvalue weighted by Crippen LogP contribution is 2.33. The van der Waals surface area contributed by atoms with Gasteiger partial charge in [-0.1, -0.05) is 67.9 Å². The van der Waals surface area contributed by atoms with Crippen LogP contribution in [0.3, 0.4) is 0 Å². The Labute approximate surface area is 217 Å². The summed E-state index contributed by atoms with van der Waals surface area (Å²) in [6, 6.07) is 20.8. The fourth-order valence-electron chi connectivity index (χ4n) is 4.36. The number of fused-ring (bicyclic) bond motifs is 1. The van der Waals surface area contributed by atoms with Crippen molar-refractivity contribution in [3.8, 4) is 11.5 Å². The minimum atomic E-state index is -0.775. The molecule has 2 amide bonds. The average Bonchev–Trinajstić information content (AvgIpc) is 3.39. The van der Waals surface area contributed by atoms with Gasteiger partial charge < -0.3 is 19.7 Å². The number of aryl methyl sites for hydroxylation is 1. The number of amides is 2. The largest absolute Gasteiger partial charge is 0.454 e. The third kappa shape index (κ3) is 7.09. The summed E-state index contributed by atoms with van der Waals surface area (Å²) in [5.41, 5.74) is 2.23. The number of unbranched alkanes of at least 4 members (excludes halogenated alkanes) is 1. The zero-order valence-electron chi connectivity index (χ0n) is 21.1. The summed E-state index contributed by atoms with van der Waals surface area (Å²) >= 11 is 0. The molecular weight excluding hydrogens is 471 g/mol. The van der Waals surface area contributed by atoms with Crippen LogP contribution in [0.15, 0.2) is 72.8 Å². The first-order valence-corrected chi connectivity index (χ1v) is 12.8. The summed E-state index contributed by atoms with van der Waals surface area (Å²) in [7, 11) is 0. The summed E-state index contributed by atoms with van der Waals surface area (Å²) in [6.07, 6.45) is 2.75. The topological polar surface area (TPSA) is 67.9 Å². The molecule has 1 aliphatic rings. The lowest BCUT2D eigenvalue weighted by Gasteiger charge is -2.32. The van der Waals surface area contributed by atoms with Crippen LogP contribution >= 0.6 is 0 Å². The number of carbonyl (C=O) groups excluding carboxylic acids is 2. The fourth-order valence-corrected chi connectivity index (χ4v) is 4.36. The Kier molecular flexibility index (Phi) is 9.13. The molecule has 3 aromatic rings. The highest BCUT2D eigenvalue weighted by atomic mass is 19.1. The number of carbonyl (C=O) groups is 2. The molecule has 6 nitrogen and oxygen atoms in total. The van der Waals surface area contributed by atoms with Gasteiger partial charge in [0.1, 0.15) is 11.9 Å². The maximum atomic E-state index is 14.7. The minimum Gasteiger partial charge on any atom is -0.454 e. The number of rotatable bonds is 12. The first-order chi connectivity index (χ1) is 18.0. The fraction of sp³-hybridized carbons (Fsp3) is 0.333. The van der Waals surface area contributed by atoms with E-state index >= 15 is 0 Å². The molecule has 7 heteroatoms. The highest BCUT2D eigenvalue weighted by Gasteiger charge is 2.30. The van der Waals surface area contributed by atoms with Crippen LogP contribution in [-0.2, 0) is 29.0 Å². The molecule has 1 aliphatic heterocycles. The molecule has 0 unspecified atom stereocenters. The normalized spacial score (nSPS) is 12.7. The van der Waals surface area contributed by atoms with Gasteiger partial charge in [-0.25, -0.2) is 4.39 Å². The van der Waals surface area contributed by atoms with Crippen LogP contribution in [0.5, 0.6) is 11.5 Å². The summed E-state index contributed by atoms with van der Waals surface area (Å²) in [6.45, 7) is 2.77. The standard InChI is InChI=1S/C30H33FN2O4/c1-2-3-17-32-30(35)26(18-22-9-5-4-6-10-22)33(20-24-11-7-8-12-25(24)31)29(34)16-14-23-13-15-27-28(19-23)37-21-36-27/h4-13,15,19,26H,2-3,14,16-18,20-21H2,1H3,(H,32,35)/t26-/m0/s1. The molecule has 37 heavy (non-hydrogen) atoms. The molecule has 1 N–H and O–H groups in total. The first kappa shape index (κ1) is 26.2. The Morgan fingerprint density at radius 1 is 0.973 bits per heavy atom. The second-order valence-corrected chi connectivity index (χ2v) is 9.15. The van der Waals surface area contributed by atoms with Crippen LogP contribution in [0.2, 0.25) is 0 Å². The first-order valence-electron chi connectivity index (χ1n) is 12.8. The van der Waals surface area contributed by atoms with Gasteiger partial charge in [0, 0.05) is 31.5 Å². The lowest BCUT2D eigenvalue weighted by atomic mass is 10.0. The van der Waals surface area contributed by atoms with Crippen molar-refractivity contribution in [2.75, 3.05) is 13.3 Å². The Morgan fingerprint density at radius 2 is 1.73 bits per heavy atom. The lowest BCUT2D eigenvalue weighted by molar-refractivity contribution is -0.141. The lowest BCUT2D eigenvalue weighted by Crippen LogP contribution is -2.50. The van der Waals surface area contributed by atoms with Crippen LogP contribution in [0.1, 0.15) is 42.9 Å². The second kappa shape index (κ2) is 12.9. The van der Waals surface area contributed by atoms with Gasteiger partial charge in [-0.3, -0.25) is 9.59 Å². The molecule has 0 aliphatic carbocycles. The van der Waals surface area contributed by atoms with E-state index in [0.717, 1.165) is 24.0 Å². The van der Waals surface area contributed by atoms with E-state index in [2.05, 4.69) is 12.2 Å². The Hall–Kier alpha value is -3.87. The van der Waals surface area contributed by atoms with Crippen molar-refractivity contribution in [1.82, 2.24) is 10.2 Å². The van der Waals surface area contributed by atoms with Gasteiger partial charge in [0.15, 0.2) is 11.5 Å². The van der Waals surface area contributed by atoms with E-state index in [0.29, 0.717) is 36.4 Å². The summed E-state index contributed by atoms with van der Waals surface area (Å²) in [5.74, 6) is 0.492. The zero-order valence-corrected chi connectivity index (χ0v) is 21.1. The minimum absolute atomic E-state index is 0.00530. The molecule has 1 heterocycles. The van der Waals surface area contributed by atoms with Crippen molar-refractivity contribution < 1.29 is 23.5 Å². The predicted octanol–water partition coefficient (Wildman–Crippen LogP) is 5.04. The van der Waals surface area contributed by atoms with Crippen LogP contribution in [0, 0.1) is 5.82 Å². The molecule has 0 spiro atoms. The SMILES string of the molecule is CCCCNC(=O)[C@H](Cc1ccccc1)N(Cc1ccccc1F)C(=O)CCc1ccc2c(c1)OCO2. The van der Waals surface area contributed by atoms with E-state index in [1.807, 2.05) is 48.5 Å². The van der Waals surface area contributed by atoms with E-state index < -0.39 is 11.9 Å². The summed E-state index contributed by atoms with van der Waals surface area (Å²) in [4.78, 5) is 28.6. The monoisotopic (exact) mass is 504 g/mol. The molecule has 0 saturated carbocycles. The van der Waals surface area contributed by atoms with Gasteiger partial charge >= 0.3 is 0 Å². The van der Waals surface area contributed by atoms with Crippen molar-refractivity contribution >= 4 is 11.8 Å². The molecule has 0 aromatic heterocycles. The maximum Gasteiger partial charge on any atom is 0.243 e. The highest BCUT2D eigenvalue weighted by molar-refractivity contribution is 5.88. The molecule has 3 aromatic carbocycles. The van der Waals surface area contributed by atoms with E-state index in [4.69, 9.17) is 9.47 Å². The van der Waals surface area contributed by atoms with Crippen molar-refractivity contribution in [2.45, 2.75) is 51.6 Å². The predicted molar refractivity (Wildman–Crippen MR) is 140 cm³/mol. The number of ether oxygens (including phenoxy) is 2. The molecule has 0 bridgehead atoms. The van der Waals surface area contributed by atoms with Crippen LogP contribution in [-0.4, -0.2) is 36.1 Å². The number of hydrogen-bond acceptors (Lipinski definition) is 4. The number of hydrogen-bond donors (Lipinski definition) is 1. The number of nitrogens with zero attached hydrogens (tertiary/aromatic N) is 1. The molecule has 0 saturated heterocycles. The van der Waals surface area contributed by atoms with Crippen molar-refractivity contribution in [3.63, 3.8) is 0 Å². The zero-order chi connectivity index (χ0) is 26.0. The average molecular weight is 505 g/mol. The summed E-state index contributed by atoms with van der Waals surface area (Å²) in [5, 5.41) is 2.98. The Balaban J connectivity index is 1.58. The maximum absolute atomic E-state index is 14.7. The Bertz CT molecular complexity index is 1200. The van der Waals surface area contributed by atoms with Gasteiger partial charge in [0.25, 0.3) is 0 Å². The third-order valence-electron chi connectivity index (χ3n) is 6.46. The molecule has 1 atom stereocenters. The molecular formula is C30H33FN2O4. The Morgan fingerprint density at radius 3 is 2.51 bits per heavy atom. The van der Waals surface area contributed by atoms with Crippen molar-refractivity contribution in [1.29, 1.82) is 0 Å². The smallest absolute Gasteiger partial charge is 0.243 e. The van der Waals surface area contributed by atoms with Crippen molar-refractivity contribution in [3.05, 3.63) is 95.3 Å². The van der Waals surface area contributed by atoms with E-state index in [9.17, 15) is 14.0 Å². The van der Waals surface area contributed by atoms with Gasteiger partial charge in [0.05, 0.1) is 0 Å².